The summed E-state index contributed by atoms with van der Waals surface area (Å²) < 4.78 is 24.6. The summed E-state index contributed by atoms with van der Waals surface area (Å²) >= 11 is 0. The second-order valence-corrected chi connectivity index (χ2v) is 2.46. The normalized spacial score (nSPS) is 12.9. The Bertz CT molecular complexity index is 278. The van der Waals surface area contributed by atoms with Crippen molar-refractivity contribution in [3.8, 4) is 5.75 Å². The van der Waals surface area contributed by atoms with Gasteiger partial charge in [0.1, 0.15) is 18.2 Å². The molecule has 0 saturated carbocycles. The first-order chi connectivity index (χ1) is 5.65. The fourth-order valence-electron chi connectivity index (χ4n) is 0.905. The molecule has 1 aromatic carbocycles. The summed E-state index contributed by atoms with van der Waals surface area (Å²) in [6.07, 6.45) is 0. The number of benzene rings is 1. The predicted octanol–water partition coefficient (Wildman–Crippen LogP) is 1.50. The number of phenolic OH excluding ortho intramolecular Hbond substituents is 1. The topological polar surface area (TPSA) is 46.2 Å². The second kappa shape index (κ2) is 3.49. The van der Waals surface area contributed by atoms with Crippen LogP contribution in [0, 0.1) is 5.82 Å². The van der Waals surface area contributed by atoms with E-state index in [0.717, 1.165) is 18.2 Å². The lowest BCUT2D eigenvalue weighted by Crippen LogP contribution is -2.12. The Morgan fingerprint density at radius 1 is 1.50 bits per heavy atom. The molecule has 0 saturated heterocycles. The minimum atomic E-state index is -0.958. The number of halogens is 2. The third-order valence-corrected chi connectivity index (χ3v) is 1.56. The molecule has 0 unspecified atom stereocenters. The molecule has 3 N–H and O–H groups in total. The van der Waals surface area contributed by atoms with Crippen LogP contribution in [0.2, 0.25) is 0 Å². The highest BCUT2D eigenvalue weighted by Gasteiger charge is 2.10. The molecule has 4 heteroatoms. The van der Waals surface area contributed by atoms with E-state index < -0.39 is 18.5 Å². The van der Waals surface area contributed by atoms with Gasteiger partial charge in [0.15, 0.2) is 0 Å². The molecule has 0 aliphatic carbocycles. The van der Waals surface area contributed by atoms with Crippen LogP contribution in [0.15, 0.2) is 18.2 Å². The highest BCUT2D eigenvalue weighted by atomic mass is 19.1. The molecule has 0 spiro atoms. The molecule has 12 heavy (non-hydrogen) atoms. The monoisotopic (exact) mass is 173 g/mol. The Labute approximate surface area is 68.6 Å². The van der Waals surface area contributed by atoms with Crippen molar-refractivity contribution in [3.05, 3.63) is 29.6 Å². The molecule has 1 aromatic rings. The van der Waals surface area contributed by atoms with Crippen molar-refractivity contribution in [1.82, 2.24) is 0 Å². The maximum Gasteiger partial charge on any atom is 0.123 e. The summed E-state index contributed by atoms with van der Waals surface area (Å²) in [7, 11) is 0. The number of phenols is 1. The first kappa shape index (κ1) is 8.93. The number of hydrogen-bond acceptors (Lipinski definition) is 2. The van der Waals surface area contributed by atoms with Gasteiger partial charge in [0.2, 0.25) is 0 Å². The molecule has 0 heterocycles. The zero-order valence-electron chi connectivity index (χ0n) is 6.30. The van der Waals surface area contributed by atoms with Crippen molar-refractivity contribution in [1.29, 1.82) is 0 Å². The van der Waals surface area contributed by atoms with E-state index in [1.54, 1.807) is 0 Å². The highest BCUT2D eigenvalue weighted by Crippen LogP contribution is 2.23. The Morgan fingerprint density at radius 3 is 2.75 bits per heavy atom. The summed E-state index contributed by atoms with van der Waals surface area (Å²) in [4.78, 5) is 0. The predicted molar refractivity (Wildman–Crippen MR) is 41.0 cm³/mol. The van der Waals surface area contributed by atoms with E-state index in [2.05, 4.69) is 0 Å². The van der Waals surface area contributed by atoms with E-state index in [9.17, 15) is 8.78 Å². The van der Waals surface area contributed by atoms with Gasteiger partial charge in [-0.1, -0.05) is 0 Å². The van der Waals surface area contributed by atoms with E-state index in [1.165, 1.54) is 0 Å². The summed E-state index contributed by atoms with van der Waals surface area (Å²) in [6, 6.07) is 2.31. The minimum Gasteiger partial charge on any atom is -0.508 e. The molecule has 0 fully saturated rings. The number of hydrogen-bond donors (Lipinski definition) is 2. The number of rotatable bonds is 2. The zero-order chi connectivity index (χ0) is 9.14. The molecule has 0 aliphatic heterocycles. The van der Waals surface area contributed by atoms with Gasteiger partial charge < -0.3 is 10.8 Å². The van der Waals surface area contributed by atoms with E-state index >= 15 is 0 Å². The average Bonchev–Trinajstić information content (AvgIpc) is 2.08. The van der Waals surface area contributed by atoms with Gasteiger partial charge in [-0.05, 0) is 18.2 Å². The molecule has 66 valence electrons. The summed E-state index contributed by atoms with van der Waals surface area (Å²) in [5.74, 6) is -0.715. The summed E-state index contributed by atoms with van der Waals surface area (Å²) in [6.45, 7) is -0.822. The van der Waals surface area contributed by atoms with Crippen LogP contribution in [-0.4, -0.2) is 11.8 Å². The van der Waals surface area contributed by atoms with Crippen LogP contribution in [-0.2, 0) is 0 Å². The quantitative estimate of drug-likeness (QED) is 0.711. The van der Waals surface area contributed by atoms with E-state index in [-0.39, 0.29) is 11.3 Å². The minimum absolute atomic E-state index is 0.0949. The van der Waals surface area contributed by atoms with Gasteiger partial charge in [-0.3, -0.25) is 0 Å². The van der Waals surface area contributed by atoms with Gasteiger partial charge in [-0.15, -0.1) is 0 Å². The smallest absolute Gasteiger partial charge is 0.123 e. The SMILES string of the molecule is N[C@@H](CF)c1cc(F)ccc1O. The van der Waals surface area contributed by atoms with Crippen molar-refractivity contribution in [2.75, 3.05) is 6.67 Å². The average molecular weight is 173 g/mol. The molecular weight excluding hydrogens is 164 g/mol. The van der Waals surface area contributed by atoms with Crippen LogP contribution in [0.1, 0.15) is 11.6 Å². The Hall–Kier alpha value is -1.16. The van der Waals surface area contributed by atoms with Crippen molar-refractivity contribution >= 4 is 0 Å². The van der Waals surface area contributed by atoms with Gasteiger partial charge >= 0.3 is 0 Å². The van der Waals surface area contributed by atoms with Crippen LogP contribution in [0.3, 0.4) is 0 Å². The molecule has 0 radical (unpaired) electrons. The number of alkyl halides is 1. The summed E-state index contributed by atoms with van der Waals surface area (Å²) in [5, 5.41) is 9.12. The summed E-state index contributed by atoms with van der Waals surface area (Å²) in [5.41, 5.74) is 5.36. The van der Waals surface area contributed by atoms with Crippen LogP contribution < -0.4 is 5.73 Å². The van der Waals surface area contributed by atoms with Crippen molar-refractivity contribution < 1.29 is 13.9 Å². The molecule has 0 aromatic heterocycles. The second-order valence-electron chi connectivity index (χ2n) is 2.46. The lowest BCUT2D eigenvalue weighted by atomic mass is 10.1. The Kier molecular flexibility index (Phi) is 2.60. The molecule has 1 rings (SSSR count). The fourth-order valence-corrected chi connectivity index (χ4v) is 0.905. The van der Waals surface area contributed by atoms with Gasteiger partial charge in [0, 0.05) is 5.56 Å². The largest absolute Gasteiger partial charge is 0.508 e. The van der Waals surface area contributed by atoms with E-state index in [1.807, 2.05) is 0 Å². The number of aromatic hydroxyl groups is 1. The maximum atomic E-state index is 12.6. The van der Waals surface area contributed by atoms with Gasteiger partial charge in [-0.25, -0.2) is 8.78 Å². The van der Waals surface area contributed by atoms with Gasteiger partial charge in [0.25, 0.3) is 0 Å². The van der Waals surface area contributed by atoms with Crippen molar-refractivity contribution in [3.63, 3.8) is 0 Å². The van der Waals surface area contributed by atoms with Gasteiger partial charge in [0.05, 0.1) is 6.04 Å². The Morgan fingerprint density at radius 2 is 2.17 bits per heavy atom. The van der Waals surface area contributed by atoms with Crippen LogP contribution in [0.4, 0.5) is 8.78 Å². The van der Waals surface area contributed by atoms with E-state index in [4.69, 9.17) is 10.8 Å². The third-order valence-electron chi connectivity index (χ3n) is 1.56. The lowest BCUT2D eigenvalue weighted by molar-refractivity contribution is 0.412. The first-order valence-corrected chi connectivity index (χ1v) is 3.45. The molecule has 2 nitrogen and oxygen atoms in total. The lowest BCUT2D eigenvalue weighted by Gasteiger charge is -2.08. The molecular formula is C8H9F2NO. The Balaban J connectivity index is 3.04. The third kappa shape index (κ3) is 1.71. The van der Waals surface area contributed by atoms with Crippen molar-refractivity contribution in [2.45, 2.75) is 6.04 Å². The molecule has 0 amide bonds. The molecule has 0 aliphatic rings. The van der Waals surface area contributed by atoms with E-state index in [0.29, 0.717) is 0 Å². The zero-order valence-corrected chi connectivity index (χ0v) is 6.30. The molecule has 1 atom stereocenters. The van der Waals surface area contributed by atoms with Gasteiger partial charge in [-0.2, -0.15) is 0 Å². The van der Waals surface area contributed by atoms with Crippen molar-refractivity contribution in [2.24, 2.45) is 5.73 Å². The van der Waals surface area contributed by atoms with Crippen LogP contribution in [0.25, 0.3) is 0 Å². The highest BCUT2D eigenvalue weighted by molar-refractivity contribution is 5.34. The first-order valence-electron chi connectivity index (χ1n) is 3.45. The van der Waals surface area contributed by atoms with Crippen LogP contribution in [0.5, 0.6) is 5.75 Å². The molecule has 0 bridgehead atoms. The number of nitrogens with two attached hydrogens (primary N) is 1. The standard InChI is InChI=1S/C8H9F2NO/c9-4-7(11)6-3-5(10)1-2-8(6)12/h1-3,7,12H,4,11H2/t7-/m0/s1. The fraction of sp³-hybridized carbons (Fsp3) is 0.250. The van der Waals surface area contributed by atoms with Crippen LogP contribution >= 0.6 is 0 Å². The maximum absolute atomic E-state index is 12.6.